The molecule has 0 saturated carbocycles. The molecule has 3 nitrogen and oxygen atoms in total. The van der Waals surface area contributed by atoms with E-state index in [0.717, 1.165) is 29.3 Å². The Morgan fingerprint density at radius 3 is 3.06 bits per heavy atom. The second kappa shape index (κ2) is 5.43. The number of anilines is 1. The Bertz CT molecular complexity index is 517. The molecule has 0 aliphatic rings. The van der Waals surface area contributed by atoms with Crippen molar-refractivity contribution in [2.45, 2.75) is 26.2 Å². The molecule has 0 aliphatic heterocycles. The van der Waals surface area contributed by atoms with Gasteiger partial charge in [-0.3, -0.25) is 9.78 Å². The number of fused-ring (bicyclic) bond motifs is 1. The number of unbranched alkanes of at least 4 members (excludes halogenated alkanes) is 1. The maximum absolute atomic E-state index is 11.7. The maximum Gasteiger partial charge on any atom is 0.224 e. The molecule has 1 aromatic carbocycles. The molecule has 88 valence electrons. The van der Waals surface area contributed by atoms with E-state index in [1.165, 1.54) is 0 Å². The van der Waals surface area contributed by atoms with Crippen molar-refractivity contribution >= 4 is 22.4 Å². The minimum atomic E-state index is 0.0798. The minimum absolute atomic E-state index is 0.0798. The van der Waals surface area contributed by atoms with Gasteiger partial charge in [0.2, 0.25) is 5.91 Å². The van der Waals surface area contributed by atoms with Crippen LogP contribution in [0.25, 0.3) is 10.8 Å². The summed E-state index contributed by atoms with van der Waals surface area (Å²) in [5.41, 5.74) is 0.867. The van der Waals surface area contributed by atoms with Gasteiger partial charge in [0.1, 0.15) is 0 Å². The number of hydrogen-bond acceptors (Lipinski definition) is 2. The number of hydrogen-bond donors (Lipinski definition) is 1. The van der Waals surface area contributed by atoms with E-state index < -0.39 is 0 Å². The standard InChI is InChI=1S/C14H16N2O/c1-2-3-7-14(17)16-13-6-4-5-11-10-15-9-8-12(11)13/h4-6,8-10H,2-3,7H2,1H3,(H,16,17). The molecule has 1 N–H and O–H groups in total. The Labute approximate surface area is 101 Å². The summed E-state index contributed by atoms with van der Waals surface area (Å²) in [6.45, 7) is 2.08. The van der Waals surface area contributed by atoms with Gasteiger partial charge in [0.05, 0.1) is 0 Å². The zero-order chi connectivity index (χ0) is 12.1. The largest absolute Gasteiger partial charge is 0.326 e. The number of benzene rings is 1. The first-order valence-corrected chi connectivity index (χ1v) is 5.94. The monoisotopic (exact) mass is 228 g/mol. The molecule has 0 fully saturated rings. The van der Waals surface area contributed by atoms with Crippen molar-refractivity contribution in [3.8, 4) is 0 Å². The predicted octanol–water partition coefficient (Wildman–Crippen LogP) is 3.36. The van der Waals surface area contributed by atoms with Crippen molar-refractivity contribution in [1.29, 1.82) is 0 Å². The molecular formula is C14H16N2O. The summed E-state index contributed by atoms with van der Waals surface area (Å²) in [5, 5.41) is 5.03. The lowest BCUT2D eigenvalue weighted by molar-refractivity contribution is -0.116. The molecule has 1 heterocycles. The molecule has 0 radical (unpaired) electrons. The van der Waals surface area contributed by atoms with Gasteiger partial charge in [0, 0.05) is 35.3 Å². The smallest absolute Gasteiger partial charge is 0.224 e. The Morgan fingerprint density at radius 1 is 1.35 bits per heavy atom. The van der Waals surface area contributed by atoms with Gasteiger partial charge in [0.15, 0.2) is 0 Å². The number of carbonyl (C=O) groups is 1. The number of pyridine rings is 1. The van der Waals surface area contributed by atoms with Crippen LogP contribution in [0.1, 0.15) is 26.2 Å². The van der Waals surface area contributed by atoms with Crippen LogP contribution in [0.4, 0.5) is 5.69 Å². The minimum Gasteiger partial charge on any atom is -0.326 e. The van der Waals surface area contributed by atoms with Crippen LogP contribution >= 0.6 is 0 Å². The van der Waals surface area contributed by atoms with Gasteiger partial charge in [-0.2, -0.15) is 0 Å². The molecule has 1 amide bonds. The SMILES string of the molecule is CCCCC(=O)Nc1cccc2cnccc12. The Balaban J connectivity index is 2.21. The fourth-order valence-corrected chi connectivity index (χ4v) is 1.78. The third kappa shape index (κ3) is 2.81. The summed E-state index contributed by atoms with van der Waals surface area (Å²) in [5.74, 6) is 0.0798. The molecule has 0 bridgehead atoms. The molecule has 0 atom stereocenters. The van der Waals surface area contributed by atoms with Crippen LogP contribution in [-0.2, 0) is 4.79 Å². The lowest BCUT2D eigenvalue weighted by atomic mass is 10.1. The topological polar surface area (TPSA) is 42.0 Å². The zero-order valence-electron chi connectivity index (χ0n) is 9.94. The van der Waals surface area contributed by atoms with E-state index >= 15 is 0 Å². The fraction of sp³-hybridized carbons (Fsp3) is 0.286. The molecule has 1 aromatic heterocycles. The third-order valence-corrected chi connectivity index (χ3v) is 2.71. The fourth-order valence-electron chi connectivity index (χ4n) is 1.78. The number of nitrogens with zero attached hydrogens (tertiary/aromatic N) is 1. The summed E-state index contributed by atoms with van der Waals surface area (Å²) < 4.78 is 0. The highest BCUT2D eigenvalue weighted by molar-refractivity contribution is 6.01. The van der Waals surface area contributed by atoms with E-state index in [1.807, 2.05) is 24.3 Å². The zero-order valence-corrected chi connectivity index (χ0v) is 9.94. The second-order valence-electron chi connectivity index (χ2n) is 4.05. The molecule has 0 unspecified atom stereocenters. The second-order valence-corrected chi connectivity index (χ2v) is 4.05. The highest BCUT2D eigenvalue weighted by Gasteiger charge is 2.04. The van der Waals surface area contributed by atoms with E-state index in [0.29, 0.717) is 6.42 Å². The van der Waals surface area contributed by atoms with E-state index in [9.17, 15) is 4.79 Å². The van der Waals surface area contributed by atoms with Gasteiger partial charge < -0.3 is 5.32 Å². The average molecular weight is 228 g/mol. The van der Waals surface area contributed by atoms with Crippen molar-refractivity contribution < 1.29 is 4.79 Å². The van der Waals surface area contributed by atoms with Crippen LogP contribution in [-0.4, -0.2) is 10.9 Å². The Hall–Kier alpha value is -1.90. The summed E-state index contributed by atoms with van der Waals surface area (Å²) in [4.78, 5) is 15.8. The molecule has 0 saturated heterocycles. The molecular weight excluding hydrogens is 212 g/mol. The quantitative estimate of drug-likeness (QED) is 0.871. The van der Waals surface area contributed by atoms with Crippen molar-refractivity contribution in [2.24, 2.45) is 0 Å². The first-order valence-electron chi connectivity index (χ1n) is 5.94. The van der Waals surface area contributed by atoms with Crippen LogP contribution in [0, 0.1) is 0 Å². The van der Waals surface area contributed by atoms with Crippen molar-refractivity contribution in [1.82, 2.24) is 4.98 Å². The van der Waals surface area contributed by atoms with Gasteiger partial charge in [-0.15, -0.1) is 0 Å². The summed E-state index contributed by atoms with van der Waals surface area (Å²) in [6.07, 6.45) is 6.09. The number of aromatic nitrogens is 1. The summed E-state index contributed by atoms with van der Waals surface area (Å²) in [7, 11) is 0. The number of carbonyl (C=O) groups excluding carboxylic acids is 1. The number of nitrogens with one attached hydrogen (secondary N) is 1. The normalized spacial score (nSPS) is 10.4. The number of rotatable bonds is 4. The van der Waals surface area contributed by atoms with Crippen LogP contribution in [0.5, 0.6) is 0 Å². The van der Waals surface area contributed by atoms with Crippen molar-refractivity contribution in [3.63, 3.8) is 0 Å². The van der Waals surface area contributed by atoms with Crippen LogP contribution in [0.2, 0.25) is 0 Å². The van der Waals surface area contributed by atoms with E-state index in [1.54, 1.807) is 12.4 Å². The van der Waals surface area contributed by atoms with E-state index in [-0.39, 0.29) is 5.91 Å². The third-order valence-electron chi connectivity index (χ3n) is 2.71. The van der Waals surface area contributed by atoms with Gasteiger partial charge in [-0.05, 0) is 18.6 Å². The first kappa shape index (κ1) is 11.6. The lowest BCUT2D eigenvalue weighted by Gasteiger charge is -2.07. The summed E-state index contributed by atoms with van der Waals surface area (Å²) in [6, 6.07) is 7.76. The van der Waals surface area contributed by atoms with Gasteiger partial charge in [0.25, 0.3) is 0 Å². The predicted molar refractivity (Wildman–Crippen MR) is 69.9 cm³/mol. The van der Waals surface area contributed by atoms with Gasteiger partial charge in [-0.25, -0.2) is 0 Å². The average Bonchev–Trinajstić information content (AvgIpc) is 2.37. The van der Waals surface area contributed by atoms with Gasteiger partial charge >= 0.3 is 0 Å². The molecule has 0 aliphatic carbocycles. The lowest BCUT2D eigenvalue weighted by Crippen LogP contribution is -2.11. The van der Waals surface area contributed by atoms with Crippen LogP contribution in [0.15, 0.2) is 36.7 Å². The van der Waals surface area contributed by atoms with Gasteiger partial charge in [-0.1, -0.05) is 25.5 Å². The van der Waals surface area contributed by atoms with Crippen molar-refractivity contribution in [2.75, 3.05) is 5.32 Å². The van der Waals surface area contributed by atoms with Crippen LogP contribution in [0.3, 0.4) is 0 Å². The number of amides is 1. The summed E-state index contributed by atoms with van der Waals surface area (Å²) >= 11 is 0. The molecule has 2 aromatic rings. The Kier molecular flexibility index (Phi) is 3.70. The highest BCUT2D eigenvalue weighted by atomic mass is 16.1. The highest BCUT2D eigenvalue weighted by Crippen LogP contribution is 2.22. The first-order chi connectivity index (χ1) is 8.31. The molecule has 2 rings (SSSR count). The van der Waals surface area contributed by atoms with E-state index in [2.05, 4.69) is 17.2 Å². The van der Waals surface area contributed by atoms with E-state index in [4.69, 9.17) is 0 Å². The molecule has 3 heteroatoms. The Morgan fingerprint density at radius 2 is 2.24 bits per heavy atom. The molecule has 0 spiro atoms. The molecule has 17 heavy (non-hydrogen) atoms. The van der Waals surface area contributed by atoms with Crippen LogP contribution < -0.4 is 5.32 Å². The maximum atomic E-state index is 11.7. The van der Waals surface area contributed by atoms with Crippen molar-refractivity contribution in [3.05, 3.63) is 36.7 Å².